The summed E-state index contributed by atoms with van der Waals surface area (Å²) in [6, 6.07) is 7.16. The fourth-order valence-corrected chi connectivity index (χ4v) is 0.991. The number of benzene rings is 1. The quantitative estimate of drug-likeness (QED) is 0.583. The highest BCUT2D eigenvalue weighted by molar-refractivity contribution is 5.74. The zero-order valence-corrected chi connectivity index (χ0v) is 7.74. The second-order valence-corrected chi connectivity index (χ2v) is 2.91. The Morgan fingerprint density at radius 1 is 1.50 bits per heavy atom. The summed E-state index contributed by atoms with van der Waals surface area (Å²) in [4.78, 5) is 13.5. The second-order valence-electron chi connectivity index (χ2n) is 2.91. The molecule has 0 saturated carbocycles. The molecule has 0 radical (unpaired) electrons. The first-order valence-electron chi connectivity index (χ1n) is 4.04. The van der Waals surface area contributed by atoms with E-state index in [1.54, 1.807) is 12.1 Å². The van der Waals surface area contributed by atoms with Gasteiger partial charge < -0.3 is 0 Å². The molecule has 1 aromatic rings. The van der Waals surface area contributed by atoms with Crippen LogP contribution in [0.4, 0.5) is 10.2 Å². The van der Waals surface area contributed by atoms with Gasteiger partial charge in [0.05, 0.1) is 5.69 Å². The molecular weight excluding hydrogens is 187 g/mol. The summed E-state index contributed by atoms with van der Waals surface area (Å²) >= 11 is 0. The molecule has 0 bridgehead atoms. The minimum absolute atomic E-state index is 0.320. The first-order valence-corrected chi connectivity index (χ1v) is 4.04. The summed E-state index contributed by atoms with van der Waals surface area (Å²) in [6.45, 7) is 1.61. The molecule has 0 aliphatic rings. The van der Waals surface area contributed by atoms with Gasteiger partial charge in [0, 0.05) is 4.53 Å². The Morgan fingerprint density at radius 3 is 2.57 bits per heavy atom. The van der Waals surface area contributed by atoms with Gasteiger partial charge in [-0.2, -0.15) is 0 Å². The molecule has 0 amide bonds. The molecule has 76 valence electrons. The van der Waals surface area contributed by atoms with Gasteiger partial charge in [-0.25, -0.2) is 10.6 Å². The van der Waals surface area contributed by atoms with Crippen molar-refractivity contribution in [3.8, 4) is 0 Å². The van der Waals surface area contributed by atoms with Crippen molar-refractivity contribution in [2.24, 2.45) is 5.84 Å². The van der Waals surface area contributed by atoms with Crippen LogP contribution in [0.1, 0.15) is 5.56 Å². The van der Waals surface area contributed by atoms with E-state index in [4.69, 9.17) is 5.84 Å². The van der Waals surface area contributed by atoms with Crippen LogP contribution in [0.2, 0.25) is 0 Å². The molecule has 0 aliphatic heterocycles. The van der Waals surface area contributed by atoms with E-state index < -0.39 is 5.97 Å². The van der Waals surface area contributed by atoms with Gasteiger partial charge in [-0.3, -0.25) is 9.95 Å². The zero-order chi connectivity index (χ0) is 10.6. The van der Waals surface area contributed by atoms with Crippen molar-refractivity contribution in [2.45, 2.75) is 6.92 Å². The van der Waals surface area contributed by atoms with E-state index in [0.29, 0.717) is 5.69 Å². The smallest absolute Gasteiger partial charge is 0.300 e. The van der Waals surface area contributed by atoms with Gasteiger partial charge in [0.25, 0.3) is 0 Å². The standard InChI is InChI=1S/C9H11FN2O2/c1-7-2-4-8(5-3-7)12(11)6-9(13)14-10/h2-5H,6,11H2,1H3. The Hall–Kier alpha value is -1.62. The summed E-state index contributed by atoms with van der Waals surface area (Å²) in [5, 5.41) is 1.11. The summed E-state index contributed by atoms with van der Waals surface area (Å²) in [5.41, 5.74) is 1.70. The molecule has 0 spiro atoms. The van der Waals surface area contributed by atoms with Crippen LogP contribution in [0.5, 0.6) is 0 Å². The number of hydrazine groups is 1. The number of carbonyl (C=O) groups is 1. The number of nitrogens with two attached hydrogens (primary N) is 1. The average Bonchev–Trinajstić information content (AvgIpc) is 2.18. The van der Waals surface area contributed by atoms with Gasteiger partial charge in [0.15, 0.2) is 0 Å². The van der Waals surface area contributed by atoms with Crippen molar-refractivity contribution in [3.05, 3.63) is 29.8 Å². The topological polar surface area (TPSA) is 55.6 Å². The maximum Gasteiger partial charge on any atom is 0.369 e. The van der Waals surface area contributed by atoms with Crippen LogP contribution in [-0.2, 0) is 9.74 Å². The van der Waals surface area contributed by atoms with Gasteiger partial charge in [0.2, 0.25) is 0 Å². The van der Waals surface area contributed by atoms with Crippen LogP contribution < -0.4 is 10.9 Å². The van der Waals surface area contributed by atoms with Crippen LogP contribution in [0.25, 0.3) is 0 Å². The molecule has 0 unspecified atom stereocenters. The summed E-state index contributed by atoms with van der Waals surface area (Å²) in [6.07, 6.45) is 0. The van der Waals surface area contributed by atoms with E-state index in [9.17, 15) is 9.32 Å². The summed E-state index contributed by atoms with van der Waals surface area (Å²) in [5.74, 6) is 4.47. The van der Waals surface area contributed by atoms with Crippen LogP contribution in [0.3, 0.4) is 0 Å². The Labute approximate surface area is 80.9 Å². The van der Waals surface area contributed by atoms with Crippen molar-refractivity contribution in [1.82, 2.24) is 0 Å². The molecule has 0 heterocycles. The number of hydrogen-bond acceptors (Lipinski definition) is 4. The van der Waals surface area contributed by atoms with Crippen LogP contribution in [0.15, 0.2) is 24.3 Å². The number of nitrogens with zero attached hydrogens (tertiary/aromatic N) is 1. The molecule has 5 heteroatoms. The van der Waals surface area contributed by atoms with E-state index in [2.05, 4.69) is 4.94 Å². The van der Waals surface area contributed by atoms with Crippen molar-refractivity contribution in [3.63, 3.8) is 0 Å². The third-order valence-electron chi connectivity index (χ3n) is 1.75. The van der Waals surface area contributed by atoms with Crippen molar-refractivity contribution in [1.29, 1.82) is 0 Å². The highest BCUT2D eigenvalue weighted by Crippen LogP contribution is 2.11. The molecule has 2 N–H and O–H groups in total. The number of carbonyl (C=O) groups excluding carboxylic acids is 1. The van der Waals surface area contributed by atoms with E-state index in [1.807, 2.05) is 19.1 Å². The molecule has 0 aromatic heterocycles. The lowest BCUT2D eigenvalue weighted by molar-refractivity contribution is -0.181. The first kappa shape index (κ1) is 10.5. The van der Waals surface area contributed by atoms with Gasteiger partial charge >= 0.3 is 5.97 Å². The molecule has 0 aliphatic carbocycles. The molecule has 14 heavy (non-hydrogen) atoms. The van der Waals surface area contributed by atoms with Crippen molar-refractivity contribution >= 4 is 11.7 Å². The minimum atomic E-state index is -1.02. The SMILES string of the molecule is Cc1ccc(N(N)CC(=O)OF)cc1. The normalized spacial score (nSPS) is 9.64. The molecule has 0 atom stereocenters. The predicted molar refractivity (Wildman–Crippen MR) is 49.9 cm³/mol. The number of rotatable bonds is 3. The number of hydrogen-bond donors (Lipinski definition) is 1. The van der Waals surface area contributed by atoms with Gasteiger partial charge in [-0.15, -0.1) is 0 Å². The zero-order valence-electron chi connectivity index (χ0n) is 7.74. The maximum atomic E-state index is 11.4. The lowest BCUT2D eigenvalue weighted by Gasteiger charge is -2.15. The fraction of sp³-hybridized carbons (Fsp3) is 0.222. The third kappa shape index (κ3) is 2.70. The largest absolute Gasteiger partial charge is 0.369 e. The number of halogens is 1. The fourth-order valence-electron chi connectivity index (χ4n) is 0.991. The van der Waals surface area contributed by atoms with Gasteiger partial charge in [-0.05, 0) is 19.1 Å². The van der Waals surface area contributed by atoms with E-state index >= 15 is 0 Å². The highest BCUT2D eigenvalue weighted by Gasteiger charge is 2.09. The van der Waals surface area contributed by atoms with Crippen LogP contribution in [-0.4, -0.2) is 12.5 Å². The average molecular weight is 198 g/mol. The van der Waals surface area contributed by atoms with Gasteiger partial charge in [0.1, 0.15) is 6.54 Å². The summed E-state index contributed by atoms with van der Waals surface area (Å²) in [7, 11) is 0. The van der Waals surface area contributed by atoms with E-state index in [0.717, 1.165) is 10.6 Å². The second kappa shape index (κ2) is 4.57. The number of aryl methyl sites for hydroxylation is 1. The molecular formula is C9H11FN2O2. The van der Waals surface area contributed by atoms with E-state index in [1.165, 1.54) is 0 Å². The van der Waals surface area contributed by atoms with Crippen molar-refractivity contribution in [2.75, 3.05) is 11.6 Å². The molecule has 0 saturated heterocycles. The third-order valence-corrected chi connectivity index (χ3v) is 1.75. The van der Waals surface area contributed by atoms with Crippen molar-refractivity contribution < 1.29 is 14.3 Å². The predicted octanol–water partition coefficient (Wildman–Crippen LogP) is 1.10. The summed E-state index contributed by atoms with van der Waals surface area (Å²) < 4.78 is 11.4. The molecule has 4 nitrogen and oxygen atoms in total. The Kier molecular flexibility index (Phi) is 3.41. The van der Waals surface area contributed by atoms with Crippen LogP contribution >= 0.6 is 0 Å². The number of anilines is 1. The van der Waals surface area contributed by atoms with Gasteiger partial charge in [-0.1, -0.05) is 17.7 Å². The van der Waals surface area contributed by atoms with E-state index in [-0.39, 0.29) is 6.54 Å². The van der Waals surface area contributed by atoms with Crippen LogP contribution in [0, 0.1) is 6.92 Å². The Bertz CT molecular complexity index is 313. The highest BCUT2D eigenvalue weighted by atomic mass is 19.3. The minimum Gasteiger partial charge on any atom is -0.300 e. The Balaban J connectivity index is 2.65. The molecule has 1 rings (SSSR count). The maximum absolute atomic E-state index is 11.4. The first-order chi connectivity index (χ1) is 6.63. The monoisotopic (exact) mass is 198 g/mol. The lowest BCUT2D eigenvalue weighted by Crippen LogP contribution is -2.36. The lowest BCUT2D eigenvalue weighted by atomic mass is 10.2. The molecule has 0 fully saturated rings. The Morgan fingerprint density at radius 2 is 2.07 bits per heavy atom. The molecule has 1 aromatic carbocycles.